The lowest BCUT2D eigenvalue weighted by Gasteiger charge is -2.58. The maximum absolute atomic E-state index is 12.9. The summed E-state index contributed by atoms with van der Waals surface area (Å²) in [6.45, 7) is 1.21. The largest absolute Gasteiger partial charge is 0.446 e. The number of likely N-dealkylation sites (tertiary alicyclic amines) is 1. The van der Waals surface area contributed by atoms with Gasteiger partial charge in [0, 0.05) is 25.3 Å². The van der Waals surface area contributed by atoms with Gasteiger partial charge >= 0.3 is 6.09 Å². The van der Waals surface area contributed by atoms with Crippen LogP contribution in [0.15, 0.2) is 18.3 Å². The van der Waals surface area contributed by atoms with Crippen LogP contribution in [0.4, 0.5) is 10.6 Å². The van der Waals surface area contributed by atoms with Crippen LogP contribution in [0, 0.1) is 34.5 Å². The average Bonchev–Trinajstić information content (AvgIpc) is 3.19. The van der Waals surface area contributed by atoms with Crippen molar-refractivity contribution in [3.05, 3.63) is 23.9 Å². The SMILES string of the molecule is N#Cc1ccc(N[C@H]2CCN(C(=O)O[C@H]3C4CC5CC3C[C@](C(N)=O)(C5)C4)C2)nc1. The zero-order chi connectivity index (χ0) is 20.9. The van der Waals surface area contributed by atoms with Crippen LogP contribution in [0.25, 0.3) is 0 Å². The summed E-state index contributed by atoms with van der Waals surface area (Å²) < 4.78 is 6.02. The molecular formula is C22H27N5O3. The Balaban J connectivity index is 1.18. The highest BCUT2D eigenvalue weighted by Crippen LogP contribution is 2.60. The van der Waals surface area contributed by atoms with Gasteiger partial charge in [0.2, 0.25) is 5.91 Å². The van der Waals surface area contributed by atoms with E-state index in [9.17, 15) is 9.59 Å². The summed E-state index contributed by atoms with van der Waals surface area (Å²) in [4.78, 5) is 31.0. The number of amides is 2. The van der Waals surface area contributed by atoms with Crippen LogP contribution in [0.5, 0.6) is 0 Å². The molecule has 2 amide bonds. The van der Waals surface area contributed by atoms with Crippen LogP contribution in [-0.4, -0.2) is 47.1 Å². The predicted octanol–water partition coefficient (Wildman–Crippen LogP) is 2.26. The summed E-state index contributed by atoms with van der Waals surface area (Å²) in [6.07, 6.45) is 6.54. The van der Waals surface area contributed by atoms with Gasteiger partial charge in [-0.25, -0.2) is 9.78 Å². The van der Waals surface area contributed by atoms with Crippen LogP contribution in [0.2, 0.25) is 0 Å². The Kier molecular flexibility index (Phi) is 4.57. The zero-order valence-corrected chi connectivity index (χ0v) is 16.9. The van der Waals surface area contributed by atoms with Gasteiger partial charge in [0.1, 0.15) is 18.0 Å². The first-order valence-electron chi connectivity index (χ1n) is 10.8. The van der Waals surface area contributed by atoms with Gasteiger partial charge in [-0.05, 0) is 68.4 Å². The molecule has 0 spiro atoms. The van der Waals surface area contributed by atoms with Gasteiger partial charge in [0.05, 0.1) is 11.0 Å². The minimum atomic E-state index is -0.365. The van der Waals surface area contributed by atoms with Crippen molar-refractivity contribution >= 4 is 17.8 Å². The molecule has 6 rings (SSSR count). The molecule has 1 aromatic rings. The Bertz CT molecular complexity index is 879. The van der Waals surface area contributed by atoms with Crippen molar-refractivity contribution in [2.75, 3.05) is 18.4 Å². The van der Waals surface area contributed by atoms with Gasteiger partial charge in [-0.1, -0.05) is 0 Å². The van der Waals surface area contributed by atoms with Gasteiger partial charge in [-0.3, -0.25) is 4.79 Å². The highest BCUT2D eigenvalue weighted by atomic mass is 16.6. The molecule has 1 saturated heterocycles. The van der Waals surface area contributed by atoms with Gasteiger partial charge < -0.3 is 20.7 Å². The van der Waals surface area contributed by atoms with Gasteiger partial charge in [0.25, 0.3) is 0 Å². The molecule has 1 aliphatic heterocycles. The fraction of sp³-hybridized carbons (Fsp3) is 0.636. The molecule has 2 unspecified atom stereocenters. The molecule has 5 aliphatic rings. The van der Waals surface area contributed by atoms with Crippen molar-refractivity contribution in [3.8, 4) is 6.07 Å². The number of nitrogens with two attached hydrogens (primary N) is 1. The van der Waals surface area contributed by atoms with Crippen LogP contribution in [0.3, 0.4) is 0 Å². The number of aromatic nitrogens is 1. The Morgan fingerprint density at radius 1 is 1.27 bits per heavy atom. The summed E-state index contributed by atoms with van der Waals surface area (Å²) in [5.74, 6) is 1.59. The number of rotatable bonds is 4. The van der Waals surface area contributed by atoms with Gasteiger partial charge in [-0.15, -0.1) is 0 Å². The predicted molar refractivity (Wildman–Crippen MR) is 108 cm³/mol. The van der Waals surface area contributed by atoms with Crippen molar-refractivity contribution in [2.24, 2.45) is 28.9 Å². The van der Waals surface area contributed by atoms with E-state index in [1.165, 1.54) is 6.20 Å². The molecule has 8 heteroatoms. The lowest BCUT2D eigenvalue weighted by Crippen LogP contribution is -2.59. The molecule has 0 radical (unpaired) electrons. The Labute approximate surface area is 175 Å². The molecule has 4 aliphatic carbocycles. The number of hydrogen-bond donors (Lipinski definition) is 2. The molecule has 0 aromatic carbocycles. The molecule has 4 bridgehead atoms. The van der Waals surface area contributed by atoms with Crippen LogP contribution in [0.1, 0.15) is 44.1 Å². The number of pyridine rings is 1. The highest BCUT2D eigenvalue weighted by Gasteiger charge is 2.59. The molecule has 3 atom stereocenters. The normalized spacial score (nSPS) is 36.4. The summed E-state index contributed by atoms with van der Waals surface area (Å²) in [5, 5.41) is 12.2. The van der Waals surface area contributed by atoms with E-state index >= 15 is 0 Å². The second-order valence-electron chi connectivity index (χ2n) is 9.58. The average molecular weight is 409 g/mol. The summed E-state index contributed by atoms with van der Waals surface area (Å²) in [7, 11) is 0. The van der Waals surface area contributed by atoms with E-state index in [0.717, 1.165) is 38.5 Å². The molecular weight excluding hydrogens is 382 g/mol. The first-order valence-corrected chi connectivity index (χ1v) is 10.8. The van der Waals surface area contributed by atoms with E-state index in [2.05, 4.69) is 16.4 Å². The second kappa shape index (κ2) is 7.15. The quantitative estimate of drug-likeness (QED) is 0.787. The number of carbonyl (C=O) groups excluding carboxylic acids is 2. The fourth-order valence-electron chi connectivity index (χ4n) is 6.46. The van der Waals surface area contributed by atoms with Crippen LogP contribution < -0.4 is 11.1 Å². The number of nitrogens with one attached hydrogen (secondary N) is 1. The Morgan fingerprint density at radius 2 is 2.03 bits per heavy atom. The lowest BCUT2D eigenvalue weighted by molar-refractivity contribution is -0.161. The number of hydrogen-bond acceptors (Lipinski definition) is 6. The molecule has 158 valence electrons. The third-order valence-corrected chi connectivity index (χ3v) is 7.64. The molecule has 30 heavy (non-hydrogen) atoms. The third-order valence-electron chi connectivity index (χ3n) is 7.64. The van der Waals surface area contributed by atoms with Crippen molar-refractivity contribution in [1.29, 1.82) is 5.26 Å². The number of nitrogens with zero attached hydrogens (tertiary/aromatic N) is 3. The van der Waals surface area contributed by atoms with E-state index in [-0.39, 0.29) is 41.4 Å². The molecule has 8 nitrogen and oxygen atoms in total. The Hall–Kier alpha value is -2.82. The first-order chi connectivity index (χ1) is 14.5. The summed E-state index contributed by atoms with van der Waals surface area (Å²) >= 11 is 0. The minimum absolute atomic E-state index is 0.0891. The maximum Gasteiger partial charge on any atom is 0.410 e. The van der Waals surface area contributed by atoms with E-state index in [0.29, 0.717) is 30.4 Å². The monoisotopic (exact) mass is 409 g/mol. The minimum Gasteiger partial charge on any atom is -0.446 e. The first kappa shape index (κ1) is 19.2. The standard InChI is InChI=1S/C22H27N5O3/c23-10-13-1-2-18(25-11-13)26-17-3-4-27(12-17)21(29)30-19-15-5-14-6-16(19)9-22(7-14,8-15)20(24)28/h1-2,11,14-17,19H,3-9,12H2,(H2,24,28)(H,25,26)/t14?,15?,16?,17-,19-,22-/m0/s1. The van der Waals surface area contributed by atoms with Crippen molar-refractivity contribution < 1.29 is 14.3 Å². The number of ether oxygens (including phenoxy) is 1. The molecule has 5 fully saturated rings. The molecule has 4 saturated carbocycles. The fourth-order valence-corrected chi connectivity index (χ4v) is 6.46. The lowest BCUT2D eigenvalue weighted by atomic mass is 9.48. The van der Waals surface area contributed by atoms with Crippen molar-refractivity contribution in [3.63, 3.8) is 0 Å². The second-order valence-corrected chi connectivity index (χ2v) is 9.58. The highest BCUT2D eigenvalue weighted by molar-refractivity contribution is 5.81. The number of primary amides is 1. The number of carbonyl (C=O) groups is 2. The van der Waals surface area contributed by atoms with Crippen LogP contribution >= 0.6 is 0 Å². The van der Waals surface area contributed by atoms with Crippen molar-refractivity contribution in [2.45, 2.75) is 50.7 Å². The van der Waals surface area contributed by atoms with Gasteiger partial charge in [0.15, 0.2) is 0 Å². The zero-order valence-electron chi connectivity index (χ0n) is 16.9. The van der Waals surface area contributed by atoms with Gasteiger partial charge in [-0.2, -0.15) is 5.26 Å². The smallest absolute Gasteiger partial charge is 0.410 e. The number of nitriles is 1. The van der Waals surface area contributed by atoms with E-state index < -0.39 is 0 Å². The van der Waals surface area contributed by atoms with E-state index in [1.807, 2.05) is 0 Å². The van der Waals surface area contributed by atoms with Crippen LogP contribution in [-0.2, 0) is 9.53 Å². The molecule has 1 aromatic heterocycles. The third kappa shape index (κ3) is 3.26. The van der Waals surface area contributed by atoms with E-state index in [4.69, 9.17) is 15.7 Å². The molecule has 2 heterocycles. The van der Waals surface area contributed by atoms with Crippen molar-refractivity contribution in [1.82, 2.24) is 9.88 Å². The topological polar surface area (TPSA) is 121 Å². The maximum atomic E-state index is 12.9. The number of anilines is 1. The molecule has 3 N–H and O–H groups in total. The summed E-state index contributed by atoms with van der Waals surface area (Å²) in [5.41, 5.74) is 5.90. The van der Waals surface area contributed by atoms with E-state index in [1.54, 1.807) is 17.0 Å². The summed E-state index contributed by atoms with van der Waals surface area (Å²) in [6, 6.07) is 5.66. The Morgan fingerprint density at radius 3 is 2.67 bits per heavy atom.